The molecule has 1 heterocycles. The SMILES string of the molecule is CCC(C=O)[C@@H]1NC(C(=O)[O-])=C2[C@@H](OC)CCC[C@@H]21. The van der Waals surface area contributed by atoms with Crippen LogP contribution in [-0.4, -0.2) is 31.5 Å². The summed E-state index contributed by atoms with van der Waals surface area (Å²) in [6.45, 7) is 1.94. The zero-order chi connectivity index (χ0) is 14.0. The lowest BCUT2D eigenvalue weighted by Gasteiger charge is -2.33. The van der Waals surface area contributed by atoms with E-state index in [0.29, 0.717) is 6.42 Å². The molecule has 0 aromatic carbocycles. The molecular weight excluding hydrogens is 246 g/mol. The molecular formula is C14H20NO4-. The van der Waals surface area contributed by atoms with Crippen molar-refractivity contribution in [3.8, 4) is 0 Å². The Kier molecular flexibility index (Phi) is 4.24. The third kappa shape index (κ3) is 2.39. The van der Waals surface area contributed by atoms with Crippen LogP contribution in [0, 0.1) is 11.8 Å². The minimum atomic E-state index is -1.20. The lowest BCUT2D eigenvalue weighted by molar-refractivity contribution is -0.299. The number of aldehydes is 1. The molecule has 19 heavy (non-hydrogen) atoms. The van der Waals surface area contributed by atoms with E-state index in [1.54, 1.807) is 7.11 Å². The zero-order valence-electron chi connectivity index (χ0n) is 11.3. The normalized spacial score (nSPS) is 31.6. The summed E-state index contributed by atoms with van der Waals surface area (Å²) >= 11 is 0. The van der Waals surface area contributed by atoms with Gasteiger partial charge in [0.15, 0.2) is 0 Å². The molecule has 1 aliphatic carbocycles. The Morgan fingerprint density at radius 2 is 2.32 bits per heavy atom. The molecule has 1 fully saturated rings. The van der Waals surface area contributed by atoms with Crippen molar-refractivity contribution in [3.05, 3.63) is 11.3 Å². The Hall–Kier alpha value is -1.36. The second-order valence-electron chi connectivity index (χ2n) is 5.26. The van der Waals surface area contributed by atoms with Crippen LogP contribution >= 0.6 is 0 Å². The minimum Gasteiger partial charge on any atom is -0.543 e. The Morgan fingerprint density at radius 3 is 2.84 bits per heavy atom. The maximum absolute atomic E-state index is 11.3. The average Bonchev–Trinajstić information content (AvgIpc) is 2.80. The number of hydrogen-bond acceptors (Lipinski definition) is 5. The summed E-state index contributed by atoms with van der Waals surface area (Å²) in [5.41, 5.74) is 0.931. The van der Waals surface area contributed by atoms with E-state index in [4.69, 9.17) is 4.74 Å². The monoisotopic (exact) mass is 266 g/mol. The highest BCUT2D eigenvalue weighted by Gasteiger charge is 2.43. The first kappa shape index (κ1) is 14.1. The van der Waals surface area contributed by atoms with Gasteiger partial charge in [-0.25, -0.2) is 0 Å². The van der Waals surface area contributed by atoms with Crippen LogP contribution in [0.25, 0.3) is 0 Å². The van der Waals surface area contributed by atoms with Crippen molar-refractivity contribution >= 4 is 12.3 Å². The molecule has 0 amide bonds. The molecule has 4 atom stereocenters. The van der Waals surface area contributed by atoms with E-state index < -0.39 is 5.97 Å². The summed E-state index contributed by atoms with van der Waals surface area (Å²) in [6.07, 6.45) is 4.15. The average molecular weight is 266 g/mol. The van der Waals surface area contributed by atoms with E-state index >= 15 is 0 Å². The molecule has 2 aliphatic rings. The molecule has 1 N–H and O–H groups in total. The number of carboxylic acid groups (broad SMARTS) is 1. The molecule has 1 saturated carbocycles. The van der Waals surface area contributed by atoms with Crippen LogP contribution in [0.5, 0.6) is 0 Å². The fraction of sp³-hybridized carbons (Fsp3) is 0.714. The minimum absolute atomic E-state index is 0.0711. The Bertz CT molecular complexity index is 404. The van der Waals surface area contributed by atoms with Crippen LogP contribution < -0.4 is 10.4 Å². The summed E-state index contributed by atoms with van der Waals surface area (Å²) < 4.78 is 5.40. The van der Waals surface area contributed by atoms with Crippen LogP contribution in [0.15, 0.2) is 11.3 Å². The van der Waals surface area contributed by atoms with Gasteiger partial charge < -0.3 is 24.7 Å². The molecule has 0 bridgehead atoms. The second kappa shape index (κ2) is 5.74. The summed E-state index contributed by atoms with van der Waals surface area (Å²) in [7, 11) is 1.59. The fourth-order valence-electron chi connectivity index (χ4n) is 3.40. The molecule has 5 heteroatoms. The van der Waals surface area contributed by atoms with Crippen LogP contribution in [0.1, 0.15) is 32.6 Å². The third-order valence-electron chi connectivity index (χ3n) is 4.36. The molecule has 1 aliphatic heterocycles. The number of ether oxygens (including phenoxy) is 1. The largest absolute Gasteiger partial charge is 0.543 e. The van der Waals surface area contributed by atoms with Crippen molar-refractivity contribution in [1.29, 1.82) is 0 Å². The molecule has 0 saturated heterocycles. The number of fused-ring (bicyclic) bond motifs is 1. The van der Waals surface area contributed by atoms with Gasteiger partial charge >= 0.3 is 0 Å². The molecule has 0 radical (unpaired) electrons. The van der Waals surface area contributed by atoms with Crippen LogP contribution in [0.2, 0.25) is 0 Å². The van der Waals surface area contributed by atoms with Gasteiger partial charge in [-0.3, -0.25) is 0 Å². The predicted octanol–water partition coefficient (Wildman–Crippen LogP) is 0.00240. The lowest BCUT2D eigenvalue weighted by atomic mass is 9.76. The molecule has 0 spiro atoms. The van der Waals surface area contributed by atoms with Crippen molar-refractivity contribution in [1.82, 2.24) is 5.32 Å². The third-order valence-corrected chi connectivity index (χ3v) is 4.36. The first-order valence-corrected chi connectivity index (χ1v) is 6.84. The number of carboxylic acids is 1. The zero-order valence-corrected chi connectivity index (χ0v) is 11.3. The van der Waals surface area contributed by atoms with Gasteiger partial charge in [0, 0.05) is 25.0 Å². The number of hydrogen-bond donors (Lipinski definition) is 1. The lowest BCUT2D eigenvalue weighted by Crippen LogP contribution is -2.41. The van der Waals surface area contributed by atoms with Gasteiger partial charge in [-0.2, -0.15) is 0 Å². The molecule has 0 aromatic rings. The molecule has 2 rings (SSSR count). The number of carbonyl (C=O) groups excluding carboxylic acids is 2. The van der Waals surface area contributed by atoms with Crippen molar-refractivity contribution in [3.63, 3.8) is 0 Å². The number of methoxy groups -OCH3 is 1. The first-order chi connectivity index (χ1) is 9.13. The van der Waals surface area contributed by atoms with Gasteiger partial charge in [-0.05, 0) is 31.3 Å². The highest BCUT2D eigenvalue weighted by Crippen LogP contribution is 2.41. The van der Waals surface area contributed by atoms with Gasteiger partial charge in [-0.1, -0.05) is 6.92 Å². The van der Waals surface area contributed by atoms with Crippen molar-refractivity contribution in [2.24, 2.45) is 11.8 Å². The standard InChI is InChI=1S/C14H21NO4/c1-3-8(7-16)12-9-5-4-6-10(19-2)11(9)13(15-12)14(17)18/h7-10,12,15H,3-6H2,1-2H3,(H,17,18)/p-1/t8?,9-,10-,12-/m0/s1. The number of aliphatic carboxylic acids is 1. The van der Waals surface area contributed by atoms with E-state index in [9.17, 15) is 14.7 Å². The second-order valence-corrected chi connectivity index (χ2v) is 5.26. The van der Waals surface area contributed by atoms with Crippen LogP contribution in [0.3, 0.4) is 0 Å². The molecule has 1 unspecified atom stereocenters. The van der Waals surface area contributed by atoms with Gasteiger partial charge in [0.25, 0.3) is 0 Å². The summed E-state index contributed by atoms with van der Waals surface area (Å²) in [5, 5.41) is 14.3. The Morgan fingerprint density at radius 1 is 1.58 bits per heavy atom. The highest BCUT2D eigenvalue weighted by atomic mass is 16.5. The smallest absolute Gasteiger partial charge is 0.125 e. The summed E-state index contributed by atoms with van der Waals surface area (Å²) in [4.78, 5) is 22.5. The summed E-state index contributed by atoms with van der Waals surface area (Å²) in [6, 6.07) is -0.136. The molecule has 5 nitrogen and oxygen atoms in total. The predicted molar refractivity (Wildman–Crippen MR) is 66.9 cm³/mol. The number of carbonyl (C=O) groups is 2. The maximum Gasteiger partial charge on any atom is 0.125 e. The maximum atomic E-state index is 11.3. The van der Waals surface area contributed by atoms with Crippen molar-refractivity contribution in [2.45, 2.75) is 44.8 Å². The number of rotatable bonds is 5. The van der Waals surface area contributed by atoms with Gasteiger partial charge in [0.1, 0.15) is 6.29 Å². The van der Waals surface area contributed by atoms with E-state index in [2.05, 4.69) is 5.32 Å². The first-order valence-electron chi connectivity index (χ1n) is 6.84. The van der Waals surface area contributed by atoms with E-state index in [1.165, 1.54) is 0 Å². The van der Waals surface area contributed by atoms with Gasteiger partial charge in [0.2, 0.25) is 0 Å². The van der Waals surface area contributed by atoms with Crippen molar-refractivity contribution < 1.29 is 19.4 Å². The topological polar surface area (TPSA) is 78.5 Å². The van der Waals surface area contributed by atoms with Gasteiger partial charge in [-0.15, -0.1) is 0 Å². The van der Waals surface area contributed by atoms with Crippen LogP contribution in [0.4, 0.5) is 0 Å². The Balaban J connectivity index is 2.34. The fourth-order valence-corrected chi connectivity index (χ4v) is 3.40. The van der Waals surface area contributed by atoms with E-state index in [0.717, 1.165) is 31.1 Å². The Labute approximate surface area is 113 Å². The quantitative estimate of drug-likeness (QED) is 0.709. The van der Waals surface area contributed by atoms with E-state index in [-0.39, 0.29) is 29.7 Å². The van der Waals surface area contributed by atoms with Crippen LogP contribution in [-0.2, 0) is 14.3 Å². The summed E-state index contributed by atoms with van der Waals surface area (Å²) in [5.74, 6) is -1.30. The van der Waals surface area contributed by atoms with Crippen molar-refractivity contribution in [2.75, 3.05) is 7.11 Å². The highest BCUT2D eigenvalue weighted by molar-refractivity contribution is 5.86. The van der Waals surface area contributed by atoms with E-state index in [1.807, 2.05) is 6.92 Å². The molecule has 0 aromatic heterocycles. The molecule has 106 valence electrons. The van der Waals surface area contributed by atoms with Gasteiger partial charge in [0.05, 0.1) is 17.8 Å². The number of nitrogens with one attached hydrogen (secondary N) is 1.